The molecule has 0 aliphatic carbocycles. The molecule has 0 spiro atoms. The van der Waals surface area contributed by atoms with E-state index < -0.39 is 0 Å². The highest BCUT2D eigenvalue weighted by atomic mass is 35.5. The van der Waals surface area contributed by atoms with Gasteiger partial charge in [0.15, 0.2) is 10.8 Å². The average Bonchev–Trinajstić information content (AvgIpc) is 3.37. The third-order valence-corrected chi connectivity index (χ3v) is 7.15. The number of aryl methyl sites for hydroxylation is 2. The molecule has 0 unspecified atom stereocenters. The van der Waals surface area contributed by atoms with Crippen LogP contribution in [0.2, 0.25) is 10.3 Å². The van der Waals surface area contributed by atoms with Gasteiger partial charge in [-0.15, -0.1) is 0 Å². The fourth-order valence-corrected chi connectivity index (χ4v) is 4.96. The number of hydrogen-bond donors (Lipinski definition) is 0. The molecule has 0 radical (unpaired) electrons. The summed E-state index contributed by atoms with van der Waals surface area (Å²) in [4.78, 5) is 13.4. The Morgan fingerprint density at radius 3 is 1.81 bits per heavy atom. The zero-order valence-electron chi connectivity index (χ0n) is 19.6. The molecule has 3 aromatic heterocycles. The van der Waals surface area contributed by atoms with Crippen molar-refractivity contribution in [1.29, 1.82) is 10.5 Å². The lowest BCUT2D eigenvalue weighted by atomic mass is 10.1. The summed E-state index contributed by atoms with van der Waals surface area (Å²) in [6, 6.07) is 19.7. The molecule has 0 saturated carbocycles. The van der Waals surface area contributed by atoms with Gasteiger partial charge in [0.25, 0.3) is 0 Å². The minimum Gasteiger partial charge on any atom is -0.235 e. The molecule has 178 valence electrons. The molecule has 6 nitrogen and oxygen atoms in total. The minimum atomic E-state index is 0.197. The summed E-state index contributed by atoms with van der Waals surface area (Å²) in [5, 5.41) is 22.4. The maximum absolute atomic E-state index is 9.84. The Morgan fingerprint density at radius 1 is 0.784 bits per heavy atom. The van der Waals surface area contributed by atoms with E-state index in [9.17, 15) is 10.5 Å². The topological polar surface area (TPSA) is 99.1 Å². The van der Waals surface area contributed by atoms with Crippen molar-refractivity contribution in [2.45, 2.75) is 13.8 Å². The number of halogens is 2. The third-order valence-electron chi connectivity index (χ3n) is 5.79. The van der Waals surface area contributed by atoms with Crippen LogP contribution in [-0.2, 0) is 0 Å². The van der Waals surface area contributed by atoms with Gasteiger partial charge in [-0.2, -0.15) is 14.9 Å². The molecule has 2 aromatic carbocycles. The Bertz CT molecular complexity index is 1720. The zero-order valence-corrected chi connectivity index (χ0v) is 21.9. The first-order valence-electron chi connectivity index (χ1n) is 11.1. The predicted molar refractivity (Wildman–Crippen MR) is 150 cm³/mol. The molecular weight excluding hydrogens is 523 g/mol. The second-order valence-electron chi connectivity index (χ2n) is 8.29. The van der Waals surface area contributed by atoms with Crippen LogP contribution in [0.25, 0.3) is 45.1 Å². The normalized spacial score (nSPS) is 12.1. The lowest BCUT2D eigenvalue weighted by molar-refractivity contribution is 1.25. The smallest absolute Gasteiger partial charge is 0.184 e. The summed E-state index contributed by atoms with van der Waals surface area (Å²) < 4.78 is 4.32. The SMILES string of the molecule is Cc1cccc2cc(/C=C(\C#N)c3nsc(/C(C#N)=C/c4cc5cccc(C)c5nc4Cl)n3)c(Cl)nc12. The molecule has 5 aromatic rings. The summed E-state index contributed by atoms with van der Waals surface area (Å²) in [5.41, 5.74) is 5.27. The maximum atomic E-state index is 9.84. The number of benzene rings is 2. The Hall–Kier alpha value is -4.14. The van der Waals surface area contributed by atoms with Crippen LogP contribution in [0.15, 0.2) is 48.5 Å². The Balaban J connectivity index is 1.52. The van der Waals surface area contributed by atoms with E-state index in [4.69, 9.17) is 23.2 Å². The number of allylic oxidation sites excluding steroid dienone is 2. The van der Waals surface area contributed by atoms with Gasteiger partial charge < -0.3 is 0 Å². The fraction of sp³-hybridized carbons (Fsp3) is 0.0714. The van der Waals surface area contributed by atoms with Crippen LogP contribution in [0.4, 0.5) is 0 Å². The lowest BCUT2D eigenvalue weighted by Gasteiger charge is -2.05. The van der Waals surface area contributed by atoms with Crippen molar-refractivity contribution in [2.24, 2.45) is 0 Å². The molecule has 0 aliphatic rings. The summed E-state index contributed by atoms with van der Waals surface area (Å²) in [6.07, 6.45) is 3.23. The van der Waals surface area contributed by atoms with Crippen LogP contribution in [0, 0.1) is 36.5 Å². The van der Waals surface area contributed by atoms with Crippen molar-refractivity contribution in [2.75, 3.05) is 0 Å². The first kappa shape index (κ1) is 24.5. The molecule has 9 heteroatoms. The summed E-state index contributed by atoms with van der Waals surface area (Å²) in [6.45, 7) is 3.93. The first-order chi connectivity index (χ1) is 17.9. The van der Waals surface area contributed by atoms with Gasteiger partial charge in [-0.1, -0.05) is 59.6 Å². The number of aromatic nitrogens is 4. The van der Waals surface area contributed by atoms with Gasteiger partial charge in [-0.05, 0) is 60.8 Å². The second kappa shape index (κ2) is 10.1. The molecule has 0 atom stereocenters. The molecule has 5 rings (SSSR count). The van der Waals surface area contributed by atoms with Crippen molar-refractivity contribution in [3.63, 3.8) is 0 Å². The van der Waals surface area contributed by atoms with Crippen LogP contribution in [0.5, 0.6) is 0 Å². The molecule has 0 saturated heterocycles. The van der Waals surface area contributed by atoms with Crippen molar-refractivity contribution in [3.05, 3.63) is 91.9 Å². The van der Waals surface area contributed by atoms with Crippen molar-refractivity contribution < 1.29 is 0 Å². The summed E-state index contributed by atoms with van der Waals surface area (Å²) in [7, 11) is 0. The van der Waals surface area contributed by atoms with E-state index in [1.807, 2.05) is 62.4 Å². The third kappa shape index (κ3) is 4.81. The van der Waals surface area contributed by atoms with Gasteiger partial charge in [0.05, 0.1) is 22.2 Å². The quantitative estimate of drug-likeness (QED) is 0.172. The predicted octanol–water partition coefficient (Wildman–Crippen LogP) is 7.69. The molecule has 37 heavy (non-hydrogen) atoms. The number of fused-ring (bicyclic) bond motifs is 2. The lowest BCUT2D eigenvalue weighted by Crippen LogP contribution is -1.91. The van der Waals surface area contributed by atoms with E-state index in [0.717, 1.165) is 44.5 Å². The van der Waals surface area contributed by atoms with Gasteiger partial charge in [-0.3, -0.25) is 0 Å². The molecule has 0 aliphatic heterocycles. The zero-order chi connectivity index (χ0) is 26.1. The fourth-order valence-electron chi connectivity index (χ4n) is 3.93. The van der Waals surface area contributed by atoms with E-state index in [2.05, 4.69) is 31.5 Å². The molecule has 0 bridgehead atoms. The van der Waals surface area contributed by atoms with Gasteiger partial charge in [0.2, 0.25) is 0 Å². The Morgan fingerprint density at radius 2 is 1.30 bits per heavy atom. The van der Waals surface area contributed by atoms with Crippen LogP contribution in [0.1, 0.15) is 33.1 Å². The monoisotopic (exact) mass is 538 g/mol. The van der Waals surface area contributed by atoms with Crippen LogP contribution < -0.4 is 0 Å². The number of nitriles is 2. The molecule has 0 fully saturated rings. The van der Waals surface area contributed by atoms with E-state index >= 15 is 0 Å². The highest BCUT2D eigenvalue weighted by Gasteiger charge is 2.15. The largest absolute Gasteiger partial charge is 0.235 e. The molecule has 0 amide bonds. The summed E-state index contributed by atoms with van der Waals surface area (Å²) in [5.74, 6) is 0.197. The van der Waals surface area contributed by atoms with E-state index in [0.29, 0.717) is 16.1 Å². The van der Waals surface area contributed by atoms with Crippen LogP contribution in [-0.4, -0.2) is 19.3 Å². The van der Waals surface area contributed by atoms with E-state index in [-0.39, 0.29) is 27.3 Å². The van der Waals surface area contributed by atoms with Gasteiger partial charge in [0, 0.05) is 21.9 Å². The molecule has 3 heterocycles. The van der Waals surface area contributed by atoms with Crippen molar-refractivity contribution in [1.82, 2.24) is 19.3 Å². The average molecular weight is 539 g/mol. The van der Waals surface area contributed by atoms with E-state index in [1.165, 1.54) is 0 Å². The Kier molecular flexibility index (Phi) is 6.69. The Labute approximate surface area is 227 Å². The summed E-state index contributed by atoms with van der Waals surface area (Å²) >= 11 is 13.9. The first-order valence-corrected chi connectivity index (χ1v) is 12.6. The highest BCUT2D eigenvalue weighted by molar-refractivity contribution is 7.06. The standard InChI is InChI=1S/C28H16Cl2N6S/c1-15-5-3-7-17-9-19(25(29)33-23(15)17)11-21(13-31)27-35-28(37-36-27)22(14-32)12-20-10-18-8-4-6-16(2)24(18)34-26(20)30/h3-12H,1-2H3/b21-11+,22-12+. The second-order valence-corrected chi connectivity index (χ2v) is 9.76. The number of hydrogen-bond acceptors (Lipinski definition) is 7. The number of pyridine rings is 2. The number of nitrogens with zero attached hydrogens (tertiary/aromatic N) is 6. The minimum absolute atomic E-state index is 0.197. The van der Waals surface area contributed by atoms with E-state index in [1.54, 1.807) is 12.2 Å². The van der Waals surface area contributed by atoms with Crippen molar-refractivity contribution in [3.8, 4) is 12.1 Å². The van der Waals surface area contributed by atoms with Crippen LogP contribution >= 0.6 is 34.7 Å². The van der Waals surface area contributed by atoms with Crippen LogP contribution in [0.3, 0.4) is 0 Å². The van der Waals surface area contributed by atoms with Crippen molar-refractivity contribution >= 4 is 79.8 Å². The van der Waals surface area contributed by atoms with Gasteiger partial charge in [-0.25, -0.2) is 15.0 Å². The van der Waals surface area contributed by atoms with Gasteiger partial charge in [0.1, 0.15) is 22.4 Å². The van der Waals surface area contributed by atoms with Gasteiger partial charge >= 0.3 is 0 Å². The number of para-hydroxylation sites is 2. The molecular formula is C28H16Cl2N6S. The number of rotatable bonds is 4. The highest BCUT2D eigenvalue weighted by Crippen LogP contribution is 2.30. The molecule has 0 N–H and O–H groups in total. The maximum Gasteiger partial charge on any atom is 0.184 e.